The van der Waals surface area contributed by atoms with Gasteiger partial charge in [-0.15, -0.1) is 0 Å². The van der Waals surface area contributed by atoms with Crippen molar-refractivity contribution in [2.75, 3.05) is 11.5 Å². The first-order valence-electron chi connectivity index (χ1n) is 10.9. The van der Waals surface area contributed by atoms with Gasteiger partial charge in [-0.05, 0) is 30.5 Å². The van der Waals surface area contributed by atoms with E-state index in [0.29, 0.717) is 0 Å². The van der Waals surface area contributed by atoms with Crippen LogP contribution in [0.4, 0.5) is 5.69 Å². The molecule has 0 unspecified atom stereocenters. The molecule has 1 atom stereocenters. The number of hydrogen-bond donors (Lipinski definition) is 1. The van der Waals surface area contributed by atoms with Crippen molar-refractivity contribution < 1.29 is 19.1 Å². The maximum absolute atomic E-state index is 13.1. The summed E-state index contributed by atoms with van der Waals surface area (Å²) in [7, 11) is 0. The van der Waals surface area contributed by atoms with Crippen molar-refractivity contribution in [1.29, 1.82) is 0 Å². The molecule has 0 radical (unpaired) electrons. The van der Waals surface area contributed by atoms with Crippen LogP contribution in [-0.2, 0) is 19.1 Å². The largest absolute Gasteiger partial charge is 0.455 e. The van der Waals surface area contributed by atoms with E-state index in [-0.39, 0.29) is 30.9 Å². The summed E-state index contributed by atoms with van der Waals surface area (Å²) in [6, 6.07) is 18.4. The fourth-order valence-electron chi connectivity index (χ4n) is 4.11. The third-order valence-electron chi connectivity index (χ3n) is 5.55. The maximum Gasteiger partial charge on any atom is 0.308 e. The number of amides is 2. The molecule has 31 heavy (non-hydrogen) atoms. The van der Waals surface area contributed by atoms with Crippen molar-refractivity contribution in [3.63, 3.8) is 0 Å². The predicted octanol–water partition coefficient (Wildman–Crippen LogP) is 4.16. The predicted molar refractivity (Wildman–Crippen MR) is 119 cm³/mol. The van der Waals surface area contributed by atoms with E-state index in [0.717, 1.165) is 36.9 Å². The van der Waals surface area contributed by atoms with Crippen molar-refractivity contribution >= 4 is 23.5 Å². The van der Waals surface area contributed by atoms with Crippen LogP contribution in [0, 0.1) is 0 Å². The normalized spacial score (nSPS) is 15.0. The molecule has 1 aliphatic rings. The molecule has 6 nitrogen and oxygen atoms in total. The Morgan fingerprint density at radius 2 is 1.58 bits per heavy atom. The zero-order valence-corrected chi connectivity index (χ0v) is 18.0. The summed E-state index contributed by atoms with van der Waals surface area (Å²) in [6.07, 6.45) is 5.24. The fourth-order valence-corrected chi connectivity index (χ4v) is 4.11. The maximum atomic E-state index is 13.1. The molecule has 164 valence electrons. The first-order chi connectivity index (χ1) is 15.0. The van der Waals surface area contributed by atoms with Crippen molar-refractivity contribution in [2.45, 2.75) is 57.5 Å². The summed E-state index contributed by atoms with van der Waals surface area (Å²) in [5, 5.41) is 2.78. The van der Waals surface area contributed by atoms with E-state index >= 15 is 0 Å². The van der Waals surface area contributed by atoms with Crippen molar-refractivity contribution in [1.82, 2.24) is 5.32 Å². The second kappa shape index (κ2) is 11.3. The van der Waals surface area contributed by atoms with E-state index in [2.05, 4.69) is 5.32 Å². The highest BCUT2D eigenvalue weighted by molar-refractivity contribution is 5.95. The Kier molecular flexibility index (Phi) is 8.21. The van der Waals surface area contributed by atoms with Gasteiger partial charge in [-0.3, -0.25) is 14.4 Å². The van der Waals surface area contributed by atoms with Gasteiger partial charge in [0.1, 0.15) is 0 Å². The summed E-state index contributed by atoms with van der Waals surface area (Å²) in [4.78, 5) is 38.9. The SMILES string of the molecule is CC(=O)N[C@@H](CC(=O)OCC(=O)N(c1ccccc1)C1CCCCC1)c1ccccc1. The fraction of sp³-hybridized carbons (Fsp3) is 0.400. The van der Waals surface area contributed by atoms with Gasteiger partial charge in [-0.1, -0.05) is 67.8 Å². The third-order valence-corrected chi connectivity index (χ3v) is 5.55. The number of rotatable bonds is 8. The van der Waals surface area contributed by atoms with E-state index in [1.54, 1.807) is 4.90 Å². The number of carbonyl (C=O) groups is 3. The number of anilines is 1. The second-order valence-corrected chi connectivity index (χ2v) is 7.92. The Morgan fingerprint density at radius 3 is 2.19 bits per heavy atom. The van der Waals surface area contributed by atoms with Crippen LogP contribution in [0.1, 0.15) is 57.1 Å². The lowest BCUT2D eigenvalue weighted by Gasteiger charge is -2.34. The van der Waals surface area contributed by atoms with Gasteiger partial charge in [0.2, 0.25) is 5.91 Å². The molecule has 0 aromatic heterocycles. The average Bonchev–Trinajstić information content (AvgIpc) is 2.79. The Morgan fingerprint density at radius 1 is 0.968 bits per heavy atom. The lowest BCUT2D eigenvalue weighted by Crippen LogP contribution is -2.44. The average molecular weight is 423 g/mol. The molecule has 1 fully saturated rings. The molecular weight excluding hydrogens is 392 g/mol. The van der Waals surface area contributed by atoms with Crippen LogP contribution in [0.3, 0.4) is 0 Å². The number of carbonyl (C=O) groups excluding carboxylic acids is 3. The first kappa shape index (κ1) is 22.5. The molecule has 0 saturated heterocycles. The van der Waals surface area contributed by atoms with Crippen LogP contribution >= 0.6 is 0 Å². The molecular formula is C25H30N2O4. The van der Waals surface area contributed by atoms with Crippen molar-refractivity contribution in [2.24, 2.45) is 0 Å². The quantitative estimate of drug-likeness (QED) is 0.648. The van der Waals surface area contributed by atoms with Gasteiger partial charge in [-0.2, -0.15) is 0 Å². The molecule has 2 amide bonds. The molecule has 2 aromatic rings. The Bertz CT molecular complexity index is 864. The van der Waals surface area contributed by atoms with Crippen molar-refractivity contribution in [3.8, 4) is 0 Å². The molecule has 0 spiro atoms. The van der Waals surface area contributed by atoms with Gasteiger partial charge in [0, 0.05) is 18.7 Å². The number of hydrogen-bond acceptors (Lipinski definition) is 4. The number of ether oxygens (including phenoxy) is 1. The van der Waals surface area contributed by atoms with Crippen LogP contribution in [0.2, 0.25) is 0 Å². The van der Waals surface area contributed by atoms with Gasteiger partial charge < -0.3 is 15.0 Å². The summed E-state index contributed by atoms with van der Waals surface area (Å²) in [5.41, 5.74) is 1.64. The lowest BCUT2D eigenvalue weighted by molar-refractivity contribution is -0.148. The molecule has 1 aliphatic carbocycles. The zero-order chi connectivity index (χ0) is 22.1. The van der Waals surface area contributed by atoms with E-state index in [4.69, 9.17) is 4.74 Å². The molecule has 0 heterocycles. The van der Waals surface area contributed by atoms with E-state index in [9.17, 15) is 14.4 Å². The Labute approximate surface area is 183 Å². The molecule has 0 aliphatic heterocycles. The molecule has 2 aromatic carbocycles. The number of nitrogens with zero attached hydrogens (tertiary/aromatic N) is 1. The highest BCUT2D eigenvalue weighted by atomic mass is 16.5. The van der Waals surface area contributed by atoms with Crippen molar-refractivity contribution in [3.05, 3.63) is 66.2 Å². The van der Waals surface area contributed by atoms with Gasteiger partial charge in [-0.25, -0.2) is 0 Å². The summed E-state index contributed by atoms with van der Waals surface area (Å²) >= 11 is 0. The van der Waals surface area contributed by atoms with Crippen LogP contribution in [0.5, 0.6) is 0 Å². The number of benzene rings is 2. The number of para-hydroxylation sites is 1. The van der Waals surface area contributed by atoms with E-state index < -0.39 is 12.0 Å². The van der Waals surface area contributed by atoms with Crippen LogP contribution < -0.4 is 10.2 Å². The monoisotopic (exact) mass is 422 g/mol. The van der Waals surface area contributed by atoms with Gasteiger partial charge >= 0.3 is 5.97 Å². The highest BCUT2D eigenvalue weighted by Gasteiger charge is 2.28. The lowest BCUT2D eigenvalue weighted by atomic mass is 9.93. The molecule has 0 bridgehead atoms. The second-order valence-electron chi connectivity index (χ2n) is 7.92. The third kappa shape index (κ3) is 6.67. The minimum atomic E-state index is -0.521. The minimum absolute atomic E-state index is 0.0361. The first-order valence-corrected chi connectivity index (χ1v) is 10.9. The van der Waals surface area contributed by atoms with Crippen LogP contribution in [-0.4, -0.2) is 30.4 Å². The molecule has 1 saturated carbocycles. The van der Waals surface area contributed by atoms with E-state index in [1.807, 2.05) is 60.7 Å². The molecule has 3 rings (SSSR count). The highest BCUT2D eigenvalue weighted by Crippen LogP contribution is 2.27. The zero-order valence-electron chi connectivity index (χ0n) is 18.0. The summed E-state index contributed by atoms with van der Waals surface area (Å²) in [5.74, 6) is -0.972. The molecule has 6 heteroatoms. The standard InChI is InChI=1S/C25H30N2O4/c1-19(28)26-23(20-11-5-2-6-12-20)17-25(30)31-18-24(29)27(21-13-7-3-8-14-21)22-15-9-4-10-16-22/h2-3,5-8,11-14,22-23H,4,9-10,15-18H2,1H3,(H,26,28)/t23-/m0/s1. The smallest absolute Gasteiger partial charge is 0.308 e. The summed E-state index contributed by atoms with van der Waals surface area (Å²) in [6.45, 7) is 1.10. The Hall–Kier alpha value is -3.15. The number of esters is 1. The Balaban J connectivity index is 1.64. The van der Waals surface area contributed by atoms with Crippen LogP contribution in [0.25, 0.3) is 0 Å². The van der Waals surface area contributed by atoms with Crippen LogP contribution in [0.15, 0.2) is 60.7 Å². The van der Waals surface area contributed by atoms with Gasteiger partial charge in [0.25, 0.3) is 5.91 Å². The molecule has 1 N–H and O–H groups in total. The van der Waals surface area contributed by atoms with Gasteiger partial charge in [0.15, 0.2) is 6.61 Å². The minimum Gasteiger partial charge on any atom is -0.455 e. The summed E-state index contributed by atoms with van der Waals surface area (Å²) < 4.78 is 5.35. The van der Waals surface area contributed by atoms with E-state index in [1.165, 1.54) is 13.3 Å². The topological polar surface area (TPSA) is 75.7 Å². The van der Waals surface area contributed by atoms with Gasteiger partial charge in [0.05, 0.1) is 12.5 Å². The number of nitrogens with one attached hydrogen (secondary N) is 1.